The minimum Gasteiger partial charge on any atom is -0.357 e. The van der Waals surface area contributed by atoms with E-state index in [-0.39, 0.29) is 5.91 Å². The zero-order valence-corrected chi connectivity index (χ0v) is 16.9. The molecule has 3 rings (SSSR count). The van der Waals surface area contributed by atoms with Crippen molar-refractivity contribution in [2.24, 2.45) is 12.0 Å². The summed E-state index contributed by atoms with van der Waals surface area (Å²) >= 11 is 0. The molecule has 1 N–H and O–H groups in total. The van der Waals surface area contributed by atoms with Gasteiger partial charge in [0.05, 0.1) is 18.4 Å². The van der Waals surface area contributed by atoms with E-state index in [1.165, 1.54) is 25.8 Å². The third kappa shape index (κ3) is 5.00. The van der Waals surface area contributed by atoms with Crippen LogP contribution in [0.4, 0.5) is 5.69 Å². The summed E-state index contributed by atoms with van der Waals surface area (Å²) in [5.41, 5.74) is 0.864. The monoisotopic (exact) mass is 375 g/mol. The standard InChI is InChI=1S/C19H33N7O/c1-4-20-19(21-8-10-24-9-6-5-7-16(24)2)25-11-12-26(18(27)15-25)17-13-22-23(3)14-17/h13-14,16H,4-12,15H2,1-3H3,(H,20,21). The number of guanidine groups is 1. The second-order valence-electron chi connectivity index (χ2n) is 7.46. The number of hydrogen-bond acceptors (Lipinski definition) is 4. The van der Waals surface area contributed by atoms with Crippen molar-refractivity contribution in [1.82, 2.24) is 24.9 Å². The molecule has 1 atom stereocenters. The van der Waals surface area contributed by atoms with Gasteiger partial charge in [0.25, 0.3) is 0 Å². The highest BCUT2D eigenvalue weighted by atomic mass is 16.2. The van der Waals surface area contributed by atoms with E-state index >= 15 is 0 Å². The highest BCUT2D eigenvalue weighted by Crippen LogP contribution is 2.17. The number of aliphatic imine (C=N–C) groups is 1. The third-order valence-corrected chi connectivity index (χ3v) is 5.45. The Morgan fingerprint density at radius 1 is 1.33 bits per heavy atom. The van der Waals surface area contributed by atoms with Gasteiger partial charge in [-0.05, 0) is 33.2 Å². The number of anilines is 1. The Labute approximate surface area is 162 Å². The number of nitrogens with zero attached hydrogens (tertiary/aromatic N) is 6. The molecule has 1 amide bonds. The molecule has 1 unspecified atom stereocenters. The number of aromatic nitrogens is 2. The molecule has 2 saturated heterocycles. The summed E-state index contributed by atoms with van der Waals surface area (Å²) in [5.74, 6) is 0.936. The van der Waals surface area contributed by atoms with Crippen molar-refractivity contribution in [3.05, 3.63) is 12.4 Å². The van der Waals surface area contributed by atoms with Crippen molar-refractivity contribution in [3.8, 4) is 0 Å². The molecule has 8 nitrogen and oxygen atoms in total. The molecule has 0 radical (unpaired) electrons. The van der Waals surface area contributed by atoms with Crippen molar-refractivity contribution in [3.63, 3.8) is 0 Å². The fourth-order valence-corrected chi connectivity index (χ4v) is 3.87. The van der Waals surface area contributed by atoms with Gasteiger partial charge in [-0.3, -0.25) is 19.4 Å². The average molecular weight is 376 g/mol. The predicted octanol–water partition coefficient (Wildman–Crippen LogP) is 0.909. The number of hydrogen-bond donors (Lipinski definition) is 1. The average Bonchev–Trinajstić information content (AvgIpc) is 3.08. The zero-order chi connectivity index (χ0) is 19.2. The van der Waals surface area contributed by atoms with E-state index in [0.29, 0.717) is 19.1 Å². The lowest BCUT2D eigenvalue weighted by Crippen LogP contribution is -2.55. The summed E-state index contributed by atoms with van der Waals surface area (Å²) in [5, 5.41) is 7.52. The van der Waals surface area contributed by atoms with Crippen molar-refractivity contribution in [2.45, 2.75) is 39.2 Å². The first-order valence-corrected chi connectivity index (χ1v) is 10.1. The Morgan fingerprint density at radius 3 is 2.85 bits per heavy atom. The lowest BCUT2D eigenvalue weighted by atomic mass is 10.0. The van der Waals surface area contributed by atoms with Crippen LogP contribution in [0.1, 0.15) is 33.1 Å². The van der Waals surface area contributed by atoms with E-state index < -0.39 is 0 Å². The van der Waals surface area contributed by atoms with Crippen LogP contribution in [-0.2, 0) is 11.8 Å². The molecule has 2 aliphatic rings. The van der Waals surface area contributed by atoms with Gasteiger partial charge in [0, 0.05) is 45.5 Å². The van der Waals surface area contributed by atoms with E-state index in [4.69, 9.17) is 4.99 Å². The molecule has 2 fully saturated rings. The molecule has 27 heavy (non-hydrogen) atoms. The van der Waals surface area contributed by atoms with Crippen LogP contribution in [0.15, 0.2) is 17.4 Å². The summed E-state index contributed by atoms with van der Waals surface area (Å²) in [4.78, 5) is 23.9. The summed E-state index contributed by atoms with van der Waals surface area (Å²) in [6.07, 6.45) is 7.54. The Morgan fingerprint density at radius 2 is 2.19 bits per heavy atom. The van der Waals surface area contributed by atoms with Crippen molar-refractivity contribution in [2.75, 3.05) is 50.7 Å². The van der Waals surface area contributed by atoms with Gasteiger partial charge >= 0.3 is 0 Å². The Hall–Kier alpha value is -2.09. The Bertz CT molecular complexity index is 656. The van der Waals surface area contributed by atoms with Gasteiger partial charge in [0.1, 0.15) is 6.54 Å². The fraction of sp³-hybridized carbons (Fsp3) is 0.737. The summed E-state index contributed by atoms with van der Waals surface area (Å²) in [6, 6.07) is 0.654. The number of piperazine rings is 1. The minimum absolute atomic E-state index is 0.0875. The SMILES string of the molecule is CCNC(=NCCN1CCCCC1C)N1CCN(c2cnn(C)c2)C(=O)C1. The van der Waals surface area contributed by atoms with Gasteiger partial charge in [0.15, 0.2) is 5.96 Å². The molecule has 1 aromatic heterocycles. The molecule has 2 aliphatic heterocycles. The predicted molar refractivity (Wildman–Crippen MR) is 108 cm³/mol. The first-order chi connectivity index (χ1) is 13.1. The number of carbonyl (C=O) groups excluding carboxylic acids is 1. The van der Waals surface area contributed by atoms with Gasteiger partial charge in [-0.2, -0.15) is 5.10 Å². The molecule has 0 aliphatic carbocycles. The van der Waals surface area contributed by atoms with Crippen LogP contribution < -0.4 is 10.2 Å². The van der Waals surface area contributed by atoms with E-state index in [2.05, 4.69) is 34.1 Å². The lowest BCUT2D eigenvalue weighted by Gasteiger charge is -2.36. The van der Waals surface area contributed by atoms with Crippen LogP contribution in [0.5, 0.6) is 0 Å². The topological polar surface area (TPSA) is 69.0 Å². The first-order valence-electron chi connectivity index (χ1n) is 10.1. The Balaban J connectivity index is 1.57. The van der Waals surface area contributed by atoms with Gasteiger partial charge in [0.2, 0.25) is 5.91 Å². The molecule has 0 aromatic carbocycles. The quantitative estimate of drug-likeness (QED) is 0.612. The van der Waals surface area contributed by atoms with Crippen LogP contribution in [0, 0.1) is 0 Å². The number of rotatable bonds is 5. The van der Waals surface area contributed by atoms with Crippen LogP contribution in [0.3, 0.4) is 0 Å². The maximum Gasteiger partial charge on any atom is 0.246 e. The van der Waals surface area contributed by atoms with Crippen molar-refractivity contribution < 1.29 is 4.79 Å². The van der Waals surface area contributed by atoms with Crippen molar-refractivity contribution in [1.29, 1.82) is 0 Å². The highest BCUT2D eigenvalue weighted by molar-refractivity contribution is 5.98. The van der Waals surface area contributed by atoms with Gasteiger partial charge < -0.3 is 15.1 Å². The number of piperidine rings is 1. The summed E-state index contributed by atoms with van der Waals surface area (Å²) in [7, 11) is 1.86. The second kappa shape index (κ2) is 9.21. The van der Waals surface area contributed by atoms with E-state index in [1.807, 2.05) is 18.1 Å². The molecule has 150 valence electrons. The molecular weight excluding hydrogens is 342 g/mol. The molecule has 3 heterocycles. The molecule has 0 bridgehead atoms. The largest absolute Gasteiger partial charge is 0.357 e. The summed E-state index contributed by atoms with van der Waals surface area (Å²) in [6.45, 7) is 9.88. The maximum atomic E-state index is 12.6. The van der Waals surface area contributed by atoms with Crippen LogP contribution in [0.2, 0.25) is 0 Å². The maximum absolute atomic E-state index is 12.6. The molecule has 0 spiro atoms. The second-order valence-corrected chi connectivity index (χ2v) is 7.46. The number of aryl methyl sites for hydroxylation is 1. The van der Waals surface area contributed by atoms with Gasteiger partial charge in [-0.25, -0.2) is 0 Å². The molecule has 8 heteroatoms. The third-order valence-electron chi connectivity index (χ3n) is 5.45. The number of amides is 1. The molecule has 1 aromatic rings. The van der Waals surface area contributed by atoms with Crippen molar-refractivity contribution >= 4 is 17.6 Å². The number of carbonyl (C=O) groups is 1. The smallest absolute Gasteiger partial charge is 0.246 e. The first kappa shape index (κ1) is 19.7. The molecule has 0 saturated carbocycles. The van der Waals surface area contributed by atoms with Crippen LogP contribution >= 0.6 is 0 Å². The molecular formula is C19H33N7O. The number of likely N-dealkylation sites (tertiary alicyclic amines) is 1. The zero-order valence-electron chi connectivity index (χ0n) is 16.9. The van der Waals surface area contributed by atoms with Crippen LogP contribution in [-0.4, -0.2) is 83.3 Å². The normalized spacial score (nSPS) is 22.4. The summed E-state index contributed by atoms with van der Waals surface area (Å²) < 4.78 is 1.72. The Kier molecular flexibility index (Phi) is 6.71. The van der Waals surface area contributed by atoms with Crippen LogP contribution in [0.25, 0.3) is 0 Å². The highest BCUT2D eigenvalue weighted by Gasteiger charge is 2.27. The van der Waals surface area contributed by atoms with Gasteiger partial charge in [-0.15, -0.1) is 0 Å². The van der Waals surface area contributed by atoms with Gasteiger partial charge in [-0.1, -0.05) is 6.42 Å². The van der Waals surface area contributed by atoms with E-state index in [1.54, 1.807) is 10.9 Å². The lowest BCUT2D eigenvalue weighted by molar-refractivity contribution is -0.120. The fourth-order valence-electron chi connectivity index (χ4n) is 3.87. The van der Waals surface area contributed by atoms with E-state index in [0.717, 1.165) is 37.8 Å². The minimum atomic E-state index is 0.0875. The van der Waals surface area contributed by atoms with E-state index in [9.17, 15) is 4.79 Å². The number of nitrogens with one attached hydrogen (secondary N) is 1.